The molecule has 72 valence electrons. The first-order valence-electron chi connectivity index (χ1n) is 3.46. The first-order chi connectivity index (χ1) is 5.90. The summed E-state index contributed by atoms with van der Waals surface area (Å²) < 4.78 is 36.1. The van der Waals surface area contributed by atoms with Gasteiger partial charge in [0.1, 0.15) is 5.82 Å². The lowest BCUT2D eigenvalue weighted by Crippen LogP contribution is -2.22. The molecule has 0 aromatic heterocycles. The van der Waals surface area contributed by atoms with Crippen molar-refractivity contribution in [2.24, 2.45) is 5.14 Å². The SMILES string of the molecule is Cc1c(F)cccc1NS(N)(=O)=O. The molecule has 0 saturated heterocycles. The molecule has 1 aromatic carbocycles. The van der Waals surface area contributed by atoms with Gasteiger partial charge in [-0.1, -0.05) is 6.07 Å². The van der Waals surface area contributed by atoms with Crippen molar-refractivity contribution in [2.75, 3.05) is 4.72 Å². The smallest absolute Gasteiger partial charge is 0.271 e. The number of benzene rings is 1. The highest BCUT2D eigenvalue weighted by Gasteiger charge is 2.07. The summed E-state index contributed by atoms with van der Waals surface area (Å²) in [6.45, 7) is 1.46. The van der Waals surface area contributed by atoms with Crippen LogP contribution in [0.5, 0.6) is 0 Å². The van der Waals surface area contributed by atoms with E-state index < -0.39 is 16.0 Å². The van der Waals surface area contributed by atoms with Crippen molar-refractivity contribution in [2.45, 2.75) is 6.92 Å². The molecule has 0 bridgehead atoms. The minimum Gasteiger partial charge on any atom is -0.271 e. The molecule has 0 spiro atoms. The Bertz CT molecular complexity index is 417. The van der Waals surface area contributed by atoms with E-state index in [1.807, 2.05) is 4.72 Å². The Morgan fingerprint density at radius 3 is 2.62 bits per heavy atom. The monoisotopic (exact) mass is 204 g/mol. The molecule has 0 unspecified atom stereocenters. The number of anilines is 1. The maximum Gasteiger partial charge on any atom is 0.296 e. The molecule has 0 radical (unpaired) electrons. The Kier molecular flexibility index (Phi) is 2.53. The van der Waals surface area contributed by atoms with Crippen LogP contribution in [0, 0.1) is 12.7 Å². The van der Waals surface area contributed by atoms with Crippen molar-refractivity contribution < 1.29 is 12.8 Å². The van der Waals surface area contributed by atoms with Gasteiger partial charge in [0.2, 0.25) is 0 Å². The molecule has 0 saturated carbocycles. The zero-order valence-corrected chi connectivity index (χ0v) is 7.73. The van der Waals surface area contributed by atoms with Gasteiger partial charge in [0.05, 0.1) is 5.69 Å². The van der Waals surface area contributed by atoms with Crippen molar-refractivity contribution in [3.05, 3.63) is 29.6 Å². The maximum absolute atomic E-state index is 12.9. The fraction of sp³-hybridized carbons (Fsp3) is 0.143. The maximum atomic E-state index is 12.9. The lowest BCUT2D eigenvalue weighted by Gasteiger charge is -2.06. The summed E-state index contributed by atoms with van der Waals surface area (Å²) >= 11 is 0. The van der Waals surface area contributed by atoms with Crippen molar-refractivity contribution >= 4 is 15.9 Å². The van der Waals surface area contributed by atoms with E-state index in [0.29, 0.717) is 0 Å². The third-order valence-electron chi connectivity index (χ3n) is 1.52. The van der Waals surface area contributed by atoms with Crippen LogP contribution in [0.3, 0.4) is 0 Å². The van der Waals surface area contributed by atoms with Gasteiger partial charge >= 0.3 is 0 Å². The van der Waals surface area contributed by atoms with Crippen LogP contribution in [-0.4, -0.2) is 8.42 Å². The number of nitrogens with one attached hydrogen (secondary N) is 1. The lowest BCUT2D eigenvalue weighted by molar-refractivity contribution is 0.602. The standard InChI is InChI=1S/C7H9FN2O2S/c1-5-6(8)3-2-4-7(5)10-13(9,11)12/h2-4,10H,1H3,(H2,9,11,12). The summed E-state index contributed by atoms with van der Waals surface area (Å²) in [5.74, 6) is -0.478. The summed E-state index contributed by atoms with van der Waals surface area (Å²) in [5.41, 5.74) is 0.374. The first-order valence-corrected chi connectivity index (χ1v) is 5.00. The van der Waals surface area contributed by atoms with Gasteiger partial charge in [-0.05, 0) is 19.1 Å². The van der Waals surface area contributed by atoms with Crippen LogP contribution >= 0.6 is 0 Å². The molecule has 4 nitrogen and oxygen atoms in total. The molecule has 13 heavy (non-hydrogen) atoms. The number of halogens is 1. The predicted molar refractivity (Wildman–Crippen MR) is 47.9 cm³/mol. The second-order valence-electron chi connectivity index (χ2n) is 2.56. The summed E-state index contributed by atoms with van der Waals surface area (Å²) in [6.07, 6.45) is 0. The highest BCUT2D eigenvalue weighted by atomic mass is 32.2. The van der Waals surface area contributed by atoms with Crippen LogP contribution in [-0.2, 0) is 10.2 Å². The molecule has 0 aliphatic carbocycles. The summed E-state index contributed by atoms with van der Waals surface area (Å²) in [6, 6.07) is 4.07. The van der Waals surface area contributed by atoms with E-state index in [4.69, 9.17) is 5.14 Å². The van der Waals surface area contributed by atoms with E-state index in [2.05, 4.69) is 0 Å². The van der Waals surface area contributed by atoms with E-state index in [1.54, 1.807) is 0 Å². The van der Waals surface area contributed by atoms with Crippen molar-refractivity contribution in [1.82, 2.24) is 0 Å². The topological polar surface area (TPSA) is 72.2 Å². The van der Waals surface area contributed by atoms with Crippen LogP contribution in [0.1, 0.15) is 5.56 Å². The van der Waals surface area contributed by atoms with Gasteiger partial charge in [0.15, 0.2) is 0 Å². The van der Waals surface area contributed by atoms with Gasteiger partial charge in [-0.25, -0.2) is 9.53 Å². The minimum atomic E-state index is -3.83. The molecular formula is C7H9FN2O2S. The molecule has 6 heteroatoms. The number of hydrogen-bond acceptors (Lipinski definition) is 2. The zero-order chi connectivity index (χ0) is 10.1. The highest BCUT2D eigenvalue weighted by Crippen LogP contribution is 2.17. The van der Waals surface area contributed by atoms with Crippen LogP contribution in [0.25, 0.3) is 0 Å². The van der Waals surface area contributed by atoms with E-state index >= 15 is 0 Å². The molecule has 0 aliphatic heterocycles. The Balaban J connectivity index is 3.10. The molecule has 0 atom stereocenters. The van der Waals surface area contributed by atoms with Gasteiger partial charge in [-0.15, -0.1) is 0 Å². The number of hydrogen-bond donors (Lipinski definition) is 2. The van der Waals surface area contributed by atoms with Crippen LogP contribution in [0.15, 0.2) is 18.2 Å². The summed E-state index contributed by atoms with van der Waals surface area (Å²) in [7, 11) is -3.83. The van der Waals surface area contributed by atoms with Crippen molar-refractivity contribution in [3.63, 3.8) is 0 Å². The van der Waals surface area contributed by atoms with Crippen LogP contribution < -0.4 is 9.86 Å². The van der Waals surface area contributed by atoms with Gasteiger partial charge in [0.25, 0.3) is 10.2 Å². The minimum absolute atomic E-state index is 0.155. The van der Waals surface area contributed by atoms with Crippen LogP contribution in [0.2, 0.25) is 0 Å². The molecule has 1 aromatic rings. The Hall–Kier alpha value is -1.14. The Morgan fingerprint density at radius 2 is 2.08 bits per heavy atom. The van der Waals surface area contributed by atoms with Crippen molar-refractivity contribution in [1.29, 1.82) is 0 Å². The third-order valence-corrected chi connectivity index (χ3v) is 2.02. The second kappa shape index (κ2) is 3.31. The van der Waals surface area contributed by atoms with E-state index in [1.165, 1.54) is 25.1 Å². The zero-order valence-electron chi connectivity index (χ0n) is 6.91. The molecule has 0 heterocycles. The molecular weight excluding hydrogens is 195 g/mol. The fourth-order valence-electron chi connectivity index (χ4n) is 0.871. The molecule has 0 fully saturated rings. The number of nitrogens with two attached hydrogens (primary N) is 1. The summed E-state index contributed by atoms with van der Waals surface area (Å²) in [4.78, 5) is 0. The van der Waals surface area contributed by atoms with Gasteiger partial charge in [-0.2, -0.15) is 8.42 Å². The third kappa shape index (κ3) is 2.67. The largest absolute Gasteiger partial charge is 0.296 e. The first kappa shape index (κ1) is 9.94. The Morgan fingerprint density at radius 1 is 1.46 bits per heavy atom. The average Bonchev–Trinajstić information content (AvgIpc) is 1.96. The Labute approximate surface area is 75.7 Å². The fourth-order valence-corrected chi connectivity index (χ4v) is 1.40. The van der Waals surface area contributed by atoms with E-state index in [0.717, 1.165) is 0 Å². The molecule has 1 rings (SSSR count). The quantitative estimate of drug-likeness (QED) is 0.746. The van der Waals surface area contributed by atoms with Crippen LogP contribution in [0.4, 0.5) is 10.1 Å². The van der Waals surface area contributed by atoms with Gasteiger partial charge < -0.3 is 0 Å². The summed E-state index contributed by atoms with van der Waals surface area (Å²) in [5, 5.41) is 4.73. The molecule has 3 N–H and O–H groups in total. The second-order valence-corrected chi connectivity index (χ2v) is 3.85. The average molecular weight is 204 g/mol. The van der Waals surface area contributed by atoms with Gasteiger partial charge in [-0.3, -0.25) is 4.72 Å². The number of rotatable bonds is 2. The van der Waals surface area contributed by atoms with Crippen molar-refractivity contribution in [3.8, 4) is 0 Å². The normalized spacial score (nSPS) is 11.3. The van der Waals surface area contributed by atoms with E-state index in [9.17, 15) is 12.8 Å². The lowest BCUT2D eigenvalue weighted by atomic mass is 10.2. The van der Waals surface area contributed by atoms with E-state index in [-0.39, 0.29) is 11.3 Å². The highest BCUT2D eigenvalue weighted by molar-refractivity contribution is 7.90. The predicted octanol–water partition coefficient (Wildman–Crippen LogP) is 0.750. The molecule has 0 aliphatic rings. The molecule has 0 amide bonds. The van der Waals surface area contributed by atoms with Gasteiger partial charge in [0, 0.05) is 5.56 Å².